The van der Waals surface area contributed by atoms with Gasteiger partial charge in [0.2, 0.25) is 0 Å². The van der Waals surface area contributed by atoms with Gasteiger partial charge in [0.1, 0.15) is 22.4 Å². The summed E-state index contributed by atoms with van der Waals surface area (Å²) >= 11 is 13.1. The van der Waals surface area contributed by atoms with E-state index in [4.69, 9.17) is 42.8 Å². The predicted octanol–water partition coefficient (Wildman–Crippen LogP) is 6.94. The number of aromatic carboxylic acids is 1. The van der Waals surface area contributed by atoms with Crippen molar-refractivity contribution in [3.8, 4) is 22.6 Å². The van der Waals surface area contributed by atoms with E-state index in [9.17, 15) is 27.9 Å². The van der Waals surface area contributed by atoms with Crippen LogP contribution in [-0.2, 0) is 27.0 Å². The molecule has 3 aliphatic heterocycles. The molecule has 3 saturated heterocycles. The van der Waals surface area contributed by atoms with E-state index >= 15 is 0 Å². The van der Waals surface area contributed by atoms with Crippen LogP contribution in [0.5, 0.6) is 11.5 Å². The van der Waals surface area contributed by atoms with E-state index in [0.29, 0.717) is 84.4 Å². The van der Waals surface area contributed by atoms with Crippen LogP contribution < -0.4 is 9.47 Å². The molecule has 1 N–H and O–H groups in total. The summed E-state index contributed by atoms with van der Waals surface area (Å²) in [4.78, 5) is 31.5. The Bertz CT molecular complexity index is 1890. The van der Waals surface area contributed by atoms with E-state index in [0.717, 1.165) is 55.6 Å². The van der Waals surface area contributed by atoms with Gasteiger partial charge in [-0.25, -0.2) is 4.79 Å². The zero-order valence-electron chi connectivity index (χ0n) is 29.2. The van der Waals surface area contributed by atoms with Gasteiger partial charge in [-0.3, -0.25) is 19.5 Å². The molecule has 0 radical (unpaired) electrons. The molecule has 16 heteroatoms. The fourth-order valence-corrected chi connectivity index (χ4v) is 7.73. The molecule has 3 heterocycles. The third-order valence-corrected chi connectivity index (χ3v) is 10.8. The number of hydrogen-bond acceptors (Lipinski definition) is 10. The first kappa shape index (κ1) is 40.0. The van der Waals surface area contributed by atoms with E-state index in [-0.39, 0.29) is 35.2 Å². The highest BCUT2D eigenvalue weighted by Gasteiger charge is 2.33. The highest BCUT2D eigenvalue weighted by Crippen LogP contribution is 2.39. The highest BCUT2D eigenvalue weighted by molar-refractivity contribution is 8.26. The largest absolute Gasteiger partial charge is 0.493 e. The Hall–Kier alpha value is -3.70. The maximum atomic E-state index is 13.7. The second kappa shape index (κ2) is 18.3. The van der Waals surface area contributed by atoms with Gasteiger partial charge in [0.25, 0.3) is 5.91 Å². The van der Waals surface area contributed by atoms with Crippen molar-refractivity contribution in [2.45, 2.75) is 19.1 Å². The normalized spacial score (nSPS) is 18.1. The van der Waals surface area contributed by atoms with Gasteiger partial charge in [0.15, 0.2) is 0 Å². The van der Waals surface area contributed by atoms with Gasteiger partial charge in [0.05, 0.1) is 49.1 Å². The fraction of sp³-hybridized carbons (Fsp3) is 0.395. The number of alkyl halides is 3. The van der Waals surface area contributed by atoms with Crippen molar-refractivity contribution in [1.82, 2.24) is 14.7 Å². The number of benzene rings is 3. The topological polar surface area (TPSA) is 101 Å². The third kappa shape index (κ3) is 10.3. The van der Waals surface area contributed by atoms with Crippen LogP contribution in [0.15, 0.2) is 59.5 Å². The molecule has 0 aliphatic carbocycles. The average molecular weight is 806 g/mol. The van der Waals surface area contributed by atoms with Gasteiger partial charge in [-0.05, 0) is 66.6 Å². The zero-order chi connectivity index (χ0) is 38.2. The fourth-order valence-electron chi connectivity index (χ4n) is 6.21. The number of carboxylic acids is 1. The maximum Gasteiger partial charge on any atom is 0.416 e. The van der Waals surface area contributed by atoms with Crippen molar-refractivity contribution in [3.05, 3.63) is 86.8 Å². The first-order valence-electron chi connectivity index (χ1n) is 17.4. The molecule has 0 unspecified atom stereocenters. The summed E-state index contributed by atoms with van der Waals surface area (Å²) < 4.78 is 64.3. The Labute approximate surface area is 325 Å². The van der Waals surface area contributed by atoms with Gasteiger partial charge in [-0.15, -0.1) is 0 Å². The van der Waals surface area contributed by atoms with E-state index in [1.54, 1.807) is 36.4 Å². The number of morpholine rings is 2. The van der Waals surface area contributed by atoms with E-state index in [1.165, 1.54) is 17.0 Å². The number of rotatable bonds is 14. The molecule has 1 amide bonds. The number of carbonyl (C=O) groups is 2. The molecule has 3 aromatic rings. The second-order valence-corrected chi connectivity index (χ2v) is 14.9. The van der Waals surface area contributed by atoms with Gasteiger partial charge in [0, 0.05) is 67.5 Å². The Balaban J connectivity index is 1.16. The Kier molecular flexibility index (Phi) is 13.5. The summed E-state index contributed by atoms with van der Waals surface area (Å²) in [5.74, 6) is -0.315. The average Bonchev–Trinajstić information content (AvgIpc) is 3.42. The predicted molar refractivity (Wildman–Crippen MR) is 204 cm³/mol. The molecule has 0 bridgehead atoms. The minimum absolute atomic E-state index is 0.148. The molecule has 3 fully saturated rings. The van der Waals surface area contributed by atoms with Crippen molar-refractivity contribution >= 4 is 57.9 Å². The molecule has 0 aromatic heterocycles. The number of halogens is 4. The van der Waals surface area contributed by atoms with Crippen molar-refractivity contribution in [3.63, 3.8) is 0 Å². The van der Waals surface area contributed by atoms with Crippen LogP contribution in [0, 0.1) is 0 Å². The summed E-state index contributed by atoms with van der Waals surface area (Å²) in [6, 6.07) is 12.9. The van der Waals surface area contributed by atoms with Gasteiger partial charge < -0.3 is 24.1 Å². The van der Waals surface area contributed by atoms with Crippen LogP contribution in [0.4, 0.5) is 13.2 Å². The molecule has 0 atom stereocenters. The molecule has 288 valence electrons. The Morgan fingerprint density at radius 1 is 0.907 bits per heavy atom. The van der Waals surface area contributed by atoms with E-state index in [1.807, 2.05) is 0 Å². The van der Waals surface area contributed by atoms with Crippen LogP contribution in [0.2, 0.25) is 5.02 Å². The molecular weight excluding hydrogens is 767 g/mol. The van der Waals surface area contributed by atoms with E-state index in [2.05, 4.69) is 9.80 Å². The van der Waals surface area contributed by atoms with Crippen LogP contribution in [0.3, 0.4) is 0 Å². The Morgan fingerprint density at radius 2 is 1.59 bits per heavy atom. The van der Waals surface area contributed by atoms with Crippen LogP contribution >= 0.6 is 35.6 Å². The number of amides is 1. The molecule has 0 spiro atoms. The minimum Gasteiger partial charge on any atom is -0.493 e. The molecule has 6 rings (SSSR count). The third-order valence-electron chi connectivity index (χ3n) is 9.13. The molecule has 0 saturated carbocycles. The number of carbonyl (C=O) groups excluding carboxylic acids is 1. The summed E-state index contributed by atoms with van der Waals surface area (Å²) in [5.41, 5.74) is 1.20. The molecule has 54 heavy (non-hydrogen) atoms. The lowest BCUT2D eigenvalue weighted by Crippen LogP contribution is -2.38. The second-order valence-electron chi connectivity index (χ2n) is 12.8. The van der Waals surface area contributed by atoms with Crippen molar-refractivity contribution in [1.29, 1.82) is 0 Å². The number of thioether (sulfide) groups is 1. The zero-order valence-corrected chi connectivity index (χ0v) is 31.6. The number of carboxylic acid groups (broad SMARTS) is 1. The van der Waals surface area contributed by atoms with Crippen molar-refractivity contribution in [2.75, 3.05) is 78.9 Å². The summed E-state index contributed by atoms with van der Waals surface area (Å²) in [6.07, 6.45) is -2.47. The number of nitrogens with zero attached hydrogens (tertiary/aromatic N) is 3. The van der Waals surface area contributed by atoms with E-state index < -0.39 is 17.7 Å². The molecule has 10 nitrogen and oxygen atoms in total. The monoisotopic (exact) mass is 805 g/mol. The van der Waals surface area contributed by atoms with Crippen molar-refractivity contribution < 1.29 is 46.8 Å². The van der Waals surface area contributed by atoms with Crippen LogP contribution in [-0.4, -0.2) is 115 Å². The first-order valence-corrected chi connectivity index (χ1v) is 19.0. The number of ether oxygens (including phenoxy) is 4. The summed E-state index contributed by atoms with van der Waals surface area (Å²) in [5, 5.41) is 9.68. The minimum atomic E-state index is -4.56. The number of thiocarbonyl (C=S) groups is 1. The lowest BCUT2D eigenvalue weighted by atomic mass is 9.99. The molecule has 3 aliphatic rings. The quantitative estimate of drug-likeness (QED) is 0.104. The standard InChI is InChI=1S/C38H39ClF3N3O7S2/c39-31-5-4-29(38(40,41)42)23-30(31)25-2-6-32(52-19-13-43-9-15-49-16-10-43)27(20-25)22-34-35(46)45(37(53)54-34)8-1-14-51-33-7-3-26(36(47)48)21-28(33)24-44-11-17-50-18-12-44/h2-7,20-23H,1,8-19,24H2,(H,47,48). The van der Waals surface area contributed by atoms with Gasteiger partial charge in [-0.2, -0.15) is 13.2 Å². The van der Waals surface area contributed by atoms with Crippen LogP contribution in [0.25, 0.3) is 17.2 Å². The highest BCUT2D eigenvalue weighted by atomic mass is 35.5. The first-order chi connectivity index (χ1) is 26.0. The summed E-state index contributed by atoms with van der Waals surface area (Å²) in [7, 11) is 0. The number of hydrogen-bond donors (Lipinski definition) is 1. The van der Waals surface area contributed by atoms with Crippen molar-refractivity contribution in [2.24, 2.45) is 0 Å². The lowest BCUT2D eigenvalue weighted by Gasteiger charge is -2.27. The summed E-state index contributed by atoms with van der Waals surface area (Å²) in [6.45, 7) is 7.53. The molecular formula is C38H39ClF3N3O7S2. The van der Waals surface area contributed by atoms with Crippen LogP contribution in [0.1, 0.15) is 33.5 Å². The van der Waals surface area contributed by atoms with Gasteiger partial charge in [-0.1, -0.05) is 41.6 Å². The maximum absolute atomic E-state index is 13.7. The SMILES string of the molecule is O=C(O)c1ccc(OCCCN2C(=O)C(=Cc3cc(-c4cc(C(F)(F)F)ccc4Cl)ccc3OCCN3CCOCC3)SC2=S)c(CN2CCOCC2)c1. The smallest absolute Gasteiger partial charge is 0.416 e. The molecule has 3 aromatic carbocycles. The lowest BCUT2D eigenvalue weighted by molar-refractivity contribution is -0.137. The van der Waals surface area contributed by atoms with Gasteiger partial charge >= 0.3 is 12.1 Å². The Morgan fingerprint density at radius 3 is 2.30 bits per heavy atom.